The van der Waals surface area contributed by atoms with Crippen molar-refractivity contribution in [1.29, 1.82) is 0 Å². The molecule has 0 atom stereocenters. The standard InChI is InChI=1S/C43H27N7/c1-4-15-28(16-5-1)39-44-40(29-17-6-2-7-18-29)46-41(45-39)30-19-14-22-32(27-30)50-36-26-13-11-24-34(36)38-37-33-23-10-12-25-35(33)49(31-20-8-3-9-21-31)42(37)47-48-43(38)50/h1-27H. The van der Waals surface area contributed by atoms with E-state index in [-0.39, 0.29) is 0 Å². The Morgan fingerprint density at radius 1 is 0.340 bits per heavy atom. The number of fused-ring (bicyclic) bond motifs is 7. The van der Waals surface area contributed by atoms with Crippen molar-refractivity contribution in [3.05, 3.63) is 164 Å². The quantitative estimate of drug-likeness (QED) is 0.187. The lowest BCUT2D eigenvalue weighted by Crippen LogP contribution is -2.02. The van der Waals surface area contributed by atoms with E-state index in [1.54, 1.807) is 0 Å². The second-order valence-corrected chi connectivity index (χ2v) is 12.2. The lowest BCUT2D eigenvalue weighted by Gasteiger charge is -2.11. The van der Waals surface area contributed by atoms with Crippen LogP contribution in [0.4, 0.5) is 0 Å². The Balaban J connectivity index is 1.22. The van der Waals surface area contributed by atoms with Crippen molar-refractivity contribution in [2.45, 2.75) is 0 Å². The normalized spacial score (nSPS) is 11.6. The van der Waals surface area contributed by atoms with Crippen LogP contribution in [0, 0.1) is 0 Å². The van der Waals surface area contributed by atoms with Crippen LogP contribution in [-0.2, 0) is 0 Å². The van der Waals surface area contributed by atoms with E-state index in [4.69, 9.17) is 25.1 Å². The Bertz CT molecular complexity index is 2800. The van der Waals surface area contributed by atoms with Gasteiger partial charge >= 0.3 is 0 Å². The molecular formula is C43H27N7. The maximum atomic E-state index is 4.99. The molecule has 0 fully saturated rings. The minimum atomic E-state index is 0.597. The van der Waals surface area contributed by atoms with Gasteiger partial charge in [-0.15, -0.1) is 10.2 Å². The molecule has 10 aromatic rings. The van der Waals surface area contributed by atoms with E-state index in [1.807, 2.05) is 78.9 Å². The molecule has 6 aromatic carbocycles. The number of rotatable bonds is 5. The summed E-state index contributed by atoms with van der Waals surface area (Å²) in [6, 6.07) is 55.8. The van der Waals surface area contributed by atoms with Crippen molar-refractivity contribution in [3.8, 4) is 45.5 Å². The van der Waals surface area contributed by atoms with Gasteiger partial charge in [0, 0.05) is 49.6 Å². The third kappa shape index (κ3) is 4.41. The molecule has 234 valence electrons. The van der Waals surface area contributed by atoms with Crippen LogP contribution in [0.15, 0.2) is 164 Å². The van der Waals surface area contributed by atoms with Crippen LogP contribution in [0.2, 0.25) is 0 Å². The molecule has 0 spiro atoms. The number of nitrogens with zero attached hydrogens (tertiary/aromatic N) is 7. The zero-order valence-electron chi connectivity index (χ0n) is 26.7. The topological polar surface area (TPSA) is 74.3 Å². The van der Waals surface area contributed by atoms with Gasteiger partial charge in [0.25, 0.3) is 0 Å². The first-order valence-corrected chi connectivity index (χ1v) is 16.5. The highest BCUT2D eigenvalue weighted by Gasteiger charge is 2.23. The van der Waals surface area contributed by atoms with Gasteiger partial charge in [0.1, 0.15) is 0 Å². The van der Waals surface area contributed by atoms with E-state index in [0.717, 1.165) is 71.9 Å². The molecule has 10 rings (SSSR count). The van der Waals surface area contributed by atoms with E-state index in [1.165, 1.54) is 0 Å². The molecule has 0 N–H and O–H groups in total. The highest BCUT2D eigenvalue weighted by molar-refractivity contribution is 6.27. The van der Waals surface area contributed by atoms with E-state index in [9.17, 15) is 0 Å². The fraction of sp³-hybridized carbons (Fsp3) is 0. The number of aromatic nitrogens is 7. The summed E-state index contributed by atoms with van der Waals surface area (Å²) in [5.41, 5.74) is 8.48. The zero-order valence-corrected chi connectivity index (χ0v) is 26.7. The lowest BCUT2D eigenvalue weighted by atomic mass is 10.1. The molecule has 0 radical (unpaired) electrons. The van der Waals surface area contributed by atoms with E-state index < -0.39 is 0 Å². The van der Waals surface area contributed by atoms with Gasteiger partial charge in [-0.05, 0) is 36.4 Å². The minimum absolute atomic E-state index is 0.597. The van der Waals surface area contributed by atoms with Crippen LogP contribution in [0.3, 0.4) is 0 Å². The molecule has 0 aliphatic heterocycles. The Hall–Kier alpha value is -6.99. The Morgan fingerprint density at radius 3 is 1.28 bits per heavy atom. The van der Waals surface area contributed by atoms with Crippen LogP contribution in [0.1, 0.15) is 0 Å². The van der Waals surface area contributed by atoms with Crippen LogP contribution < -0.4 is 0 Å². The van der Waals surface area contributed by atoms with Crippen molar-refractivity contribution >= 4 is 43.9 Å². The lowest BCUT2D eigenvalue weighted by molar-refractivity contribution is 1.01. The molecule has 0 aliphatic carbocycles. The third-order valence-corrected chi connectivity index (χ3v) is 9.27. The first kappa shape index (κ1) is 28.1. The van der Waals surface area contributed by atoms with Gasteiger partial charge in [0.2, 0.25) is 0 Å². The second-order valence-electron chi connectivity index (χ2n) is 12.2. The van der Waals surface area contributed by atoms with Gasteiger partial charge in [-0.25, -0.2) is 15.0 Å². The number of benzene rings is 6. The summed E-state index contributed by atoms with van der Waals surface area (Å²) in [5, 5.41) is 14.3. The smallest absolute Gasteiger partial charge is 0.169 e. The SMILES string of the molecule is c1ccc(-c2nc(-c3ccccc3)nc(-c3cccc(-n4c5ccccc5c5c6c7ccccc7n(-c7ccccc7)c6nnc54)c3)n2)cc1. The maximum absolute atomic E-state index is 4.99. The molecule has 4 aromatic heterocycles. The van der Waals surface area contributed by atoms with Gasteiger partial charge in [0.05, 0.1) is 11.0 Å². The fourth-order valence-corrected chi connectivity index (χ4v) is 7.05. The largest absolute Gasteiger partial charge is 0.292 e. The molecule has 0 unspecified atom stereocenters. The monoisotopic (exact) mass is 641 g/mol. The Morgan fingerprint density at radius 2 is 0.740 bits per heavy atom. The van der Waals surface area contributed by atoms with Gasteiger partial charge < -0.3 is 0 Å². The highest BCUT2D eigenvalue weighted by Crippen LogP contribution is 2.40. The molecule has 0 saturated heterocycles. The number of hydrogen-bond acceptors (Lipinski definition) is 5. The van der Waals surface area contributed by atoms with Gasteiger partial charge in [-0.1, -0.05) is 127 Å². The van der Waals surface area contributed by atoms with Gasteiger partial charge in [-0.3, -0.25) is 9.13 Å². The minimum Gasteiger partial charge on any atom is -0.292 e. The highest BCUT2D eigenvalue weighted by atomic mass is 15.2. The molecule has 50 heavy (non-hydrogen) atoms. The summed E-state index contributed by atoms with van der Waals surface area (Å²) in [6.45, 7) is 0. The summed E-state index contributed by atoms with van der Waals surface area (Å²) in [4.78, 5) is 14.9. The van der Waals surface area contributed by atoms with Crippen molar-refractivity contribution in [2.75, 3.05) is 0 Å². The van der Waals surface area contributed by atoms with Crippen molar-refractivity contribution in [1.82, 2.24) is 34.3 Å². The third-order valence-electron chi connectivity index (χ3n) is 9.27. The zero-order chi connectivity index (χ0) is 33.0. The van der Waals surface area contributed by atoms with E-state index >= 15 is 0 Å². The van der Waals surface area contributed by atoms with Crippen molar-refractivity contribution in [2.24, 2.45) is 0 Å². The van der Waals surface area contributed by atoms with Crippen LogP contribution in [0.25, 0.3) is 89.4 Å². The summed E-state index contributed by atoms with van der Waals surface area (Å²) in [7, 11) is 0. The van der Waals surface area contributed by atoms with Crippen LogP contribution >= 0.6 is 0 Å². The molecule has 4 heterocycles. The predicted molar refractivity (Wildman–Crippen MR) is 200 cm³/mol. The number of hydrogen-bond donors (Lipinski definition) is 0. The molecule has 0 amide bonds. The molecule has 7 nitrogen and oxygen atoms in total. The maximum Gasteiger partial charge on any atom is 0.169 e. The molecule has 0 aliphatic rings. The number of para-hydroxylation sites is 3. The van der Waals surface area contributed by atoms with E-state index in [2.05, 4.69) is 94.1 Å². The molecule has 7 heteroatoms. The molecule has 0 bridgehead atoms. The summed E-state index contributed by atoms with van der Waals surface area (Å²) in [6.07, 6.45) is 0. The summed E-state index contributed by atoms with van der Waals surface area (Å²) >= 11 is 0. The Labute approximate surface area is 286 Å². The first-order chi connectivity index (χ1) is 24.8. The van der Waals surface area contributed by atoms with Gasteiger partial charge in [-0.2, -0.15) is 0 Å². The predicted octanol–water partition coefficient (Wildman–Crippen LogP) is 9.86. The van der Waals surface area contributed by atoms with Crippen LogP contribution in [0.5, 0.6) is 0 Å². The first-order valence-electron chi connectivity index (χ1n) is 16.5. The molecule has 0 saturated carbocycles. The molecular weight excluding hydrogens is 615 g/mol. The van der Waals surface area contributed by atoms with Gasteiger partial charge in [0.15, 0.2) is 28.8 Å². The van der Waals surface area contributed by atoms with Crippen LogP contribution in [-0.4, -0.2) is 34.3 Å². The summed E-state index contributed by atoms with van der Waals surface area (Å²) in [5.74, 6) is 1.85. The fourth-order valence-electron chi connectivity index (χ4n) is 7.05. The summed E-state index contributed by atoms with van der Waals surface area (Å²) < 4.78 is 4.41. The average Bonchev–Trinajstić information content (AvgIpc) is 3.72. The second kappa shape index (κ2) is 11.3. The Kier molecular flexibility index (Phi) is 6.35. The van der Waals surface area contributed by atoms with E-state index in [0.29, 0.717) is 17.5 Å². The van der Waals surface area contributed by atoms with Crippen molar-refractivity contribution in [3.63, 3.8) is 0 Å². The van der Waals surface area contributed by atoms with Crippen molar-refractivity contribution < 1.29 is 0 Å². The average molecular weight is 642 g/mol.